The number of aliphatic carboxylic acids is 3. The fourth-order valence-electron chi connectivity index (χ4n) is 18.2. The minimum absolute atomic E-state index is 0.0116. The summed E-state index contributed by atoms with van der Waals surface area (Å²) >= 11 is 2.39. The van der Waals surface area contributed by atoms with Crippen molar-refractivity contribution in [1.29, 1.82) is 0 Å². The molecule has 0 amide bonds. The molecule has 27 nitrogen and oxygen atoms in total. The third-order valence-corrected chi connectivity index (χ3v) is 29.3. The molecule has 134 heavy (non-hydrogen) atoms. The van der Waals surface area contributed by atoms with E-state index in [0.29, 0.717) is 102 Å². The number of halogens is 1. The van der Waals surface area contributed by atoms with Gasteiger partial charge in [0.25, 0.3) is 0 Å². The summed E-state index contributed by atoms with van der Waals surface area (Å²) in [6.07, 6.45) is 58.4. The van der Waals surface area contributed by atoms with Gasteiger partial charge in [-0.2, -0.15) is 0 Å². The Hall–Kier alpha value is -8.61. The summed E-state index contributed by atoms with van der Waals surface area (Å²) in [5.41, 5.74) is 11.4. The van der Waals surface area contributed by atoms with Crippen LogP contribution < -0.4 is 11.5 Å². The van der Waals surface area contributed by atoms with Gasteiger partial charge in [-0.3, -0.25) is 57.5 Å². The molecule has 14 rings (SSSR count). The van der Waals surface area contributed by atoms with Gasteiger partial charge in [-0.05, 0) is 198 Å². The van der Waals surface area contributed by atoms with Gasteiger partial charge in [-0.15, -0.1) is 0 Å². The number of alkyl halides is 1. The Labute approximate surface area is 812 Å². The van der Waals surface area contributed by atoms with Gasteiger partial charge in [0.15, 0.2) is 0 Å². The van der Waals surface area contributed by atoms with Crippen molar-refractivity contribution in [1.82, 2.24) is 0 Å². The summed E-state index contributed by atoms with van der Waals surface area (Å²) in [5.74, 6) is 1.50. The van der Waals surface area contributed by atoms with E-state index >= 15 is 0 Å². The number of nitrogens with two attached hydrogens (primary N) is 2. The zero-order valence-electron chi connectivity index (χ0n) is 83.7. The first-order valence-electron chi connectivity index (χ1n) is 48.1. The lowest BCUT2D eigenvalue weighted by Gasteiger charge is -2.25. The Morgan fingerprint density at radius 1 is 0.299 bits per heavy atom. The normalized spacial score (nSPS) is 35.6. The second-order valence-electron chi connectivity index (χ2n) is 38.7. The van der Waals surface area contributed by atoms with Crippen molar-refractivity contribution in [3.63, 3.8) is 0 Å². The number of carbonyl (C=O) groups excluding carboxylic acids is 9. The van der Waals surface area contributed by atoms with E-state index in [1.165, 1.54) is 56.2 Å². The van der Waals surface area contributed by atoms with Crippen molar-refractivity contribution in [2.75, 3.05) is 49.8 Å². The lowest BCUT2D eigenvalue weighted by Crippen LogP contribution is -2.37. The third kappa shape index (κ3) is 41.0. The maximum atomic E-state index is 11.3. The molecule has 3 fully saturated rings. The molecule has 2 saturated heterocycles. The highest BCUT2D eigenvalue weighted by Crippen LogP contribution is 2.42. The Balaban J connectivity index is 0.000000377. The number of carboxylic acid groups (broad SMARTS) is 3. The zero-order valence-corrected chi connectivity index (χ0v) is 85.8. The molecule has 0 spiro atoms. The van der Waals surface area contributed by atoms with E-state index in [1.807, 2.05) is 69.4 Å². The molecule has 4 bridgehead atoms. The van der Waals surface area contributed by atoms with E-state index in [-0.39, 0.29) is 131 Å². The molecule has 33 atom stereocenters. The maximum Gasteiger partial charge on any atom is 0.310 e. The predicted octanol–water partition coefficient (Wildman–Crippen LogP) is 17.8. The van der Waals surface area contributed by atoms with E-state index in [1.54, 1.807) is 12.2 Å². The number of fused-ring (bicyclic) bond motifs is 4. The number of methoxy groups -OCH3 is 7. The van der Waals surface area contributed by atoms with Crippen LogP contribution in [0.2, 0.25) is 0 Å². The Bertz CT molecular complexity index is 3880. The lowest BCUT2D eigenvalue weighted by atomic mass is 9.81. The van der Waals surface area contributed by atoms with Crippen LogP contribution in [0.4, 0.5) is 0 Å². The molecule has 14 aliphatic rings. The Kier molecular flexibility index (Phi) is 55.6. The second kappa shape index (κ2) is 62.3. The number of aliphatic hydroxyl groups excluding tert-OH is 1. The smallest absolute Gasteiger partial charge is 0.310 e. The summed E-state index contributed by atoms with van der Waals surface area (Å²) in [7, 11) is 9.67. The molecule has 0 aromatic heterocycles. The van der Waals surface area contributed by atoms with Crippen molar-refractivity contribution in [3.8, 4) is 0 Å². The first-order chi connectivity index (χ1) is 63.2. The van der Waals surface area contributed by atoms with Crippen LogP contribution in [0, 0.1) is 160 Å². The average Bonchev–Trinajstić information content (AvgIpc) is 1.66. The molecule has 0 radical (unpaired) electrons. The number of hydrogen-bond acceptors (Lipinski definition) is 24. The van der Waals surface area contributed by atoms with E-state index in [0.717, 1.165) is 82.0 Å². The molecule has 1 saturated carbocycles. The molecular weight excluding hydrogens is 1830 g/mol. The van der Waals surface area contributed by atoms with Crippen molar-refractivity contribution < 1.29 is 121 Å². The molecule has 0 aromatic carbocycles. The molecule has 8 N–H and O–H groups in total. The van der Waals surface area contributed by atoms with Crippen LogP contribution in [-0.4, -0.2) is 176 Å². The molecule has 2 heterocycles. The molecule has 28 heteroatoms. The van der Waals surface area contributed by atoms with Gasteiger partial charge in [0.1, 0.15) is 12.2 Å². The number of carbonyl (C=O) groups is 12. The number of rotatable bonds is 10. The van der Waals surface area contributed by atoms with Crippen LogP contribution >= 0.6 is 22.6 Å². The SMILES string of the molecule is COC(=O)[C@@H]1C[C@H](C)C=C[C@H]1C.COC(=O)[C@H]1CC=CC[C@H]1C.COC(=O)[C@H]1CC=CC[C@H]1C(=O)O.COC(=O)[C@H]1CC=CC[C@H]1C(=O)OC.COC(=O)[C@H]1C[C@@H](O)C=C[C@H]1C.COC(=O)[C@H]1C[C@H](C)C=C[C@H]1C.C[C@@H]1C=C[C@@H](C)[C@H](C(=O)O)C1.C[C@@H]1C=C[C@@H](C)[C@H](C)C1.C[C@@H]1C=C[C@@H](N)C[C@H]1N.C[C@@H]1C=C[C@H]2C[C@@H]1C(=O)O2.C[C@@H]1CC=CC[C@@H]1C(=O)O.C[C@@H]1C[C@@H](I)[C@H]2C[C@@H]1C(=O)O2. The van der Waals surface area contributed by atoms with Crippen LogP contribution in [-0.2, 0) is 100 Å². The number of carboxylic acids is 3. The summed E-state index contributed by atoms with van der Waals surface area (Å²) in [6.45, 7) is 31.7. The highest BCUT2D eigenvalue weighted by molar-refractivity contribution is 14.1. The quantitative estimate of drug-likeness (QED) is 0.0389. The van der Waals surface area contributed by atoms with Crippen LogP contribution in [0.1, 0.15) is 213 Å². The van der Waals surface area contributed by atoms with Gasteiger partial charge in [-0.25, -0.2) is 0 Å². The highest BCUT2D eigenvalue weighted by Gasteiger charge is 2.47. The summed E-state index contributed by atoms with van der Waals surface area (Å²) in [5, 5.41) is 35.5. The second-order valence-corrected chi connectivity index (χ2v) is 40.3. The van der Waals surface area contributed by atoms with E-state index in [4.69, 9.17) is 45.7 Å². The standard InChI is InChI=1S/C10H14O4.2C10H16O2.C9H12O4.C9H14O3.2C9H14O2.C9H16.C8H11IO2.C8H10O2.C8H12O2.C7H14N2/c1-13-9(11)7-5-3-4-6-8(7)10(12)14-2;2*1-7-4-5-8(2)9(6-7)10(11)12-3;1-13-9(12)7-5-3-2-4-6(7)8(10)11;1-6-3-4-7(10)5-8(6)9(11)12-2;1-6-3-4-7(2)8(5-6)9(10)11;1-7-5-3-4-6-8(7)9(10)11-2;1-7-4-5-8(2)9(3)6-7;1-4-2-6(9)7-3-5(4)8(10)11-7;1-5-2-3-6-4-7(5)8(9)10-6;1-6-4-2-3-5-7(6)8(9)10;1-5-2-3-6(8)4-7(5)9/h3-4,7-8H,5-6H2,1-2H3;2*4-5,7-9H,6H2,1-3H3;2-3,6-7H,4-5H2,1H3,(H,10,11);3-4,6-8,10H,5H2,1-2H3;3-4,6-8H,5H2,1-2H3,(H,10,11);3-4,7-8H,5-6H2,1-2H3;4-5,7-9H,6H2,1-3H3;4-7H,2-3H2,1H3;2-3,5-7H,4H2,1H3;2-3,6-7H,4-5H2,1H3,(H,9,10);2-3,5-7H,4,8-9H2,1H3/t7-,8+;7-,8-,9+;7-,8-,9-;6-,7+;6-,7+,8+;6-,7-,8-;7-,8+;7-,8-,9-;4-,5+,6-,7-;5-,6+,7+;6-,7+;5-,6-,7-/m.11111111111/s1. The zero-order chi connectivity index (χ0) is 101. The van der Waals surface area contributed by atoms with Crippen LogP contribution in [0.15, 0.2) is 134 Å². The van der Waals surface area contributed by atoms with Crippen LogP contribution in [0.25, 0.3) is 0 Å². The van der Waals surface area contributed by atoms with Gasteiger partial charge in [0.2, 0.25) is 0 Å². The first kappa shape index (κ1) is 120. The Morgan fingerprint density at radius 3 is 0.985 bits per heavy atom. The van der Waals surface area contributed by atoms with Gasteiger partial charge in [0.05, 0.1) is 127 Å². The summed E-state index contributed by atoms with van der Waals surface area (Å²) in [4.78, 5) is 133. The number of hydrogen-bond donors (Lipinski definition) is 6. The summed E-state index contributed by atoms with van der Waals surface area (Å²) in [6, 6.07) is 0.459. The van der Waals surface area contributed by atoms with Crippen molar-refractivity contribution in [2.45, 2.75) is 247 Å². The van der Waals surface area contributed by atoms with Gasteiger partial charge in [0, 0.05) is 22.4 Å². The van der Waals surface area contributed by atoms with Gasteiger partial charge in [-0.1, -0.05) is 254 Å². The van der Waals surface area contributed by atoms with Crippen LogP contribution in [0.5, 0.6) is 0 Å². The molecule has 2 aliphatic heterocycles. The number of ether oxygens (including phenoxy) is 9. The molecule has 0 unspecified atom stereocenters. The third-order valence-electron chi connectivity index (χ3n) is 28.0. The van der Waals surface area contributed by atoms with E-state index in [9.17, 15) is 62.6 Å². The number of aliphatic hydroxyl groups is 1. The number of esters is 9. The predicted molar refractivity (Wildman–Crippen MR) is 525 cm³/mol. The monoisotopic (exact) mass is 1990 g/mol. The van der Waals surface area contributed by atoms with Crippen LogP contribution in [0.3, 0.4) is 0 Å². The topological polar surface area (TPSA) is 421 Å². The van der Waals surface area contributed by atoms with Crippen molar-refractivity contribution >= 4 is 94.2 Å². The molecule has 754 valence electrons. The van der Waals surface area contributed by atoms with Gasteiger partial charge < -0.3 is 74.5 Å². The van der Waals surface area contributed by atoms with Crippen molar-refractivity contribution in [3.05, 3.63) is 134 Å². The molecule has 0 aromatic rings. The van der Waals surface area contributed by atoms with E-state index in [2.05, 4.69) is 202 Å². The largest absolute Gasteiger partial charge is 0.481 e. The highest BCUT2D eigenvalue weighted by atomic mass is 127. The average molecular weight is 1990 g/mol. The van der Waals surface area contributed by atoms with E-state index < -0.39 is 53.7 Å². The number of allylic oxidation sites excluding steroid dienone is 18. The first-order valence-corrected chi connectivity index (χ1v) is 49.3. The fourth-order valence-corrected chi connectivity index (χ4v) is 19.5. The lowest BCUT2D eigenvalue weighted by molar-refractivity contribution is -0.157. The molecule has 12 aliphatic carbocycles. The van der Waals surface area contributed by atoms with Gasteiger partial charge >= 0.3 is 71.6 Å². The Morgan fingerprint density at radius 2 is 0.619 bits per heavy atom. The fraction of sp³-hybridized carbons (Fsp3) is 0.679. The maximum absolute atomic E-state index is 11.3. The minimum Gasteiger partial charge on any atom is -0.481 e. The summed E-state index contributed by atoms with van der Waals surface area (Å²) < 4.78 is 43.4. The van der Waals surface area contributed by atoms with Crippen molar-refractivity contribution in [2.24, 2.45) is 171 Å². The minimum atomic E-state index is -0.931. The molecular formula is C106H163IN2O25.